The highest BCUT2D eigenvalue weighted by atomic mass is 35.5. The molecule has 25 heavy (non-hydrogen) atoms. The lowest BCUT2D eigenvalue weighted by molar-refractivity contribution is -0.116. The van der Waals surface area contributed by atoms with Crippen molar-refractivity contribution in [2.45, 2.75) is 50.6 Å². The second-order valence-corrected chi connectivity index (χ2v) is 6.64. The Balaban J connectivity index is 0.00000182. The zero-order valence-electron chi connectivity index (χ0n) is 14.0. The van der Waals surface area contributed by atoms with Crippen molar-refractivity contribution >= 4 is 24.0 Å². The predicted molar refractivity (Wildman–Crippen MR) is 97.7 cm³/mol. The Morgan fingerprint density at radius 3 is 2.96 bits per heavy atom. The first-order valence-electron chi connectivity index (χ1n) is 8.71. The van der Waals surface area contributed by atoms with Crippen molar-refractivity contribution in [2.24, 2.45) is 0 Å². The average molecular weight is 363 g/mol. The van der Waals surface area contributed by atoms with Crippen LogP contribution in [-0.4, -0.2) is 38.7 Å². The van der Waals surface area contributed by atoms with Crippen LogP contribution in [-0.2, 0) is 4.79 Å². The minimum Gasteiger partial charge on any atom is -0.326 e. The molecule has 0 radical (unpaired) electrons. The first-order valence-corrected chi connectivity index (χ1v) is 8.71. The van der Waals surface area contributed by atoms with Crippen LogP contribution in [0.15, 0.2) is 24.3 Å². The van der Waals surface area contributed by atoms with Gasteiger partial charge in [-0.1, -0.05) is 12.1 Å². The summed E-state index contributed by atoms with van der Waals surface area (Å²) in [6.45, 7) is 1.07. The van der Waals surface area contributed by atoms with E-state index in [1.165, 1.54) is 12.8 Å². The van der Waals surface area contributed by atoms with Crippen molar-refractivity contribution in [2.75, 3.05) is 11.9 Å². The van der Waals surface area contributed by atoms with Gasteiger partial charge in [-0.15, -0.1) is 17.5 Å². The number of tetrazole rings is 1. The number of carbonyl (C=O) groups is 1. The number of halogens is 1. The largest absolute Gasteiger partial charge is 0.326 e. The maximum Gasteiger partial charge on any atom is 0.224 e. The first kappa shape index (κ1) is 17.8. The van der Waals surface area contributed by atoms with E-state index in [1.807, 2.05) is 28.9 Å². The Morgan fingerprint density at radius 2 is 2.20 bits per heavy atom. The van der Waals surface area contributed by atoms with Gasteiger partial charge in [-0.25, -0.2) is 4.68 Å². The summed E-state index contributed by atoms with van der Waals surface area (Å²) in [5, 5.41) is 18.4. The molecule has 1 saturated carbocycles. The molecule has 1 unspecified atom stereocenters. The first-order chi connectivity index (χ1) is 11.8. The Morgan fingerprint density at radius 1 is 1.32 bits per heavy atom. The van der Waals surface area contributed by atoms with E-state index < -0.39 is 0 Å². The van der Waals surface area contributed by atoms with Crippen molar-refractivity contribution in [1.29, 1.82) is 0 Å². The van der Waals surface area contributed by atoms with E-state index in [1.54, 1.807) is 0 Å². The number of nitrogens with one attached hydrogen (secondary N) is 2. The monoisotopic (exact) mass is 362 g/mol. The molecule has 1 aromatic heterocycles. The van der Waals surface area contributed by atoms with E-state index in [-0.39, 0.29) is 18.3 Å². The minimum atomic E-state index is 0. The number of nitrogens with zero attached hydrogens (tertiary/aromatic N) is 4. The Hall–Kier alpha value is -1.99. The maximum atomic E-state index is 12.2. The number of anilines is 1. The molecule has 2 N–H and O–H groups in total. The van der Waals surface area contributed by atoms with Crippen molar-refractivity contribution in [3.8, 4) is 11.4 Å². The van der Waals surface area contributed by atoms with Gasteiger partial charge in [-0.2, -0.15) is 0 Å². The maximum absolute atomic E-state index is 12.2. The molecule has 1 aromatic carbocycles. The number of amides is 1. The van der Waals surface area contributed by atoms with E-state index in [2.05, 4.69) is 26.2 Å². The van der Waals surface area contributed by atoms with E-state index in [4.69, 9.17) is 0 Å². The molecule has 134 valence electrons. The van der Waals surface area contributed by atoms with Gasteiger partial charge in [0, 0.05) is 23.7 Å². The van der Waals surface area contributed by atoms with Gasteiger partial charge in [0.2, 0.25) is 5.91 Å². The predicted octanol–water partition coefficient (Wildman–Crippen LogP) is 2.57. The summed E-state index contributed by atoms with van der Waals surface area (Å²) in [6, 6.07) is 8.66. The Kier molecular flexibility index (Phi) is 5.65. The Labute approximate surface area is 153 Å². The SMILES string of the molecule is Cl.O=C(CCC1CCCN1)Nc1cccc(-c2nnnn2C2CC2)c1. The molecule has 2 heterocycles. The lowest BCUT2D eigenvalue weighted by Gasteiger charge is -2.10. The van der Waals surface area contributed by atoms with Gasteiger partial charge in [0.15, 0.2) is 5.82 Å². The van der Waals surface area contributed by atoms with E-state index in [0.717, 1.165) is 42.9 Å². The molecule has 2 aromatic rings. The van der Waals surface area contributed by atoms with Crippen molar-refractivity contribution in [3.05, 3.63) is 24.3 Å². The molecule has 7 nitrogen and oxygen atoms in total. The molecule has 1 amide bonds. The standard InChI is InChI=1S/C17H22N6O.ClH/c24-16(9-6-13-5-2-10-18-13)19-14-4-1-3-12(11-14)17-20-21-22-23(17)15-7-8-15;/h1,3-4,11,13,15,18H,2,5-10H2,(H,19,24);1H. The van der Waals surface area contributed by atoms with Crippen LogP contribution in [0.3, 0.4) is 0 Å². The number of carbonyl (C=O) groups excluding carboxylic acids is 1. The zero-order chi connectivity index (χ0) is 16.4. The summed E-state index contributed by atoms with van der Waals surface area (Å²) in [6.07, 6.45) is 6.08. The van der Waals surface area contributed by atoms with Gasteiger partial charge in [-0.05, 0) is 61.2 Å². The summed E-state index contributed by atoms with van der Waals surface area (Å²) in [7, 11) is 0. The van der Waals surface area contributed by atoms with Crippen LogP contribution < -0.4 is 10.6 Å². The topological polar surface area (TPSA) is 84.7 Å². The molecular weight excluding hydrogens is 340 g/mol. The van der Waals surface area contributed by atoms with E-state index in [0.29, 0.717) is 18.5 Å². The van der Waals surface area contributed by atoms with Gasteiger partial charge >= 0.3 is 0 Å². The van der Waals surface area contributed by atoms with Gasteiger partial charge in [0.05, 0.1) is 6.04 Å². The number of rotatable bonds is 6. The van der Waals surface area contributed by atoms with Crippen LogP contribution in [0.5, 0.6) is 0 Å². The van der Waals surface area contributed by atoms with Gasteiger partial charge in [0.25, 0.3) is 0 Å². The van der Waals surface area contributed by atoms with Crippen LogP contribution >= 0.6 is 12.4 Å². The molecule has 1 aliphatic heterocycles. The van der Waals surface area contributed by atoms with Crippen molar-refractivity contribution in [1.82, 2.24) is 25.5 Å². The van der Waals surface area contributed by atoms with Crippen LogP contribution in [0.2, 0.25) is 0 Å². The fourth-order valence-electron chi connectivity index (χ4n) is 3.22. The molecule has 1 atom stereocenters. The second kappa shape index (κ2) is 7.93. The van der Waals surface area contributed by atoms with E-state index in [9.17, 15) is 4.79 Å². The lowest BCUT2D eigenvalue weighted by atomic mass is 10.1. The quantitative estimate of drug-likeness (QED) is 0.825. The molecule has 2 aliphatic rings. The Bertz CT molecular complexity index is 723. The molecule has 1 aliphatic carbocycles. The normalized spacial score (nSPS) is 19.4. The number of benzene rings is 1. The summed E-state index contributed by atoms with van der Waals surface area (Å²) in [5.41, 5.74) is 1.73. The second-order valence-electron chi connectivity index (χ2n) is 6.64. The molecule has 2 fully saturated rings. The molecule has 4 rings (SSSR count). The number of hydrogen-bond donors (Lipinski definition) is 2. The smallest absolute Gasteiger partial charge is 0.224 e. The summed E-state index contributed by atoms with van der Waals surface area (Å²) in [5.74, 6) is 0.825. The fraction of sp³-hybridized carbons (Fsp3) is 0.529. The van der Waals surface area contributed by atoms with Gasteiger partial charge in [-0.3, -0.25) is 4.79 Å². The summed E-state index contributed by atoms with van der Waals surface area (Å²) >= 11 is 0. The summed E-state index contributed by atoms with van der Waals surface area (Å²) < 4.78 is 1.88. The molecule has 0 spiro atoms. The molecular formula is C17H23ClN6O. The molecule has 0 bridgehead atoms. The minimum absolute atomic E-state index is 0. The molecule has 8 heteroatoms. The molecule has 1 saturated heterocycles. The highest BCUT2D eigenvalue weighted by Gasteiger charge is 2.28. The van der Waals surface area contributed by atoms with Crippen LogP contribution in [0.25, 0.3) is 11.4 Å². The third-order valence-electron chi connectivity index (χ3n) is 4.67. The van der Waals surface area contributed by atoms with Crippen LogP contribution in [0.4, 0.5) is 5.69 Å². The van der Waals surface area contributed by atoms with Gasteiger partial charge < -0.3 is 10.6 Å². The van der Waals surface area contributed by atoms with Crippen LogP contribution in [0.1, 0.15) is 44.6 Å². The highest BCUT2D eigenvalue weighted by molar-refractivity contribution is 5.91. The van der Waals surface area contributed by atoms with Crippen molar-refractivity contribution < 1.29 is 4.79 Å². The third kappa shape index (κ3) is 4.35. The number of aromatic nitrogens is 4. The number of hydrogen-bond acceptors (Lipinski definition) is 5. The van der Waals surface area contributed by atoms with E-state index >= 15 is 0 Å². The highest BCUT2D eigenvalue weighted by Crippen LogP contribution is 2.36. The van der Waals surface area contributed by atoms with Crippen molar-refractivity contribution in [3.63, 3.8) is 0 Å². The summed E-state index contributed by atoms with van der Waals surface area (Å²) in [4.78, 5) is 12.2. The zero-order valence-corrected chi connectivity index (χ0v) is 14.8. The average Bonchev–Trinajstić information content (AvgIpc) is 3.11. The lowest BCUT2D eigenvalue weighted by Crippen LogP contribution is -2.23. The van der Waals surface area contributed by atoms with Crippen LogP contribution in [0, 0.1) is 0 Å². The third-order valence-corrected chi connectivity index (χ3v) is 4.67. The fourth-order valence-corrected chi connectivity index (χ4v) is 3.22. The van der Waals surface area contributed by atoms with Gasteiger partial charge in [0.1, 0.15) is 0 Å².